The molecule has 0 aliphatic heterocycles. The zero-order chi connectivity index (χ0) is 20.4. The quantitative estimate of drug-likeness (QED) is 0.398. The minimum atomic E-state index is -0.453. The van der Waals surface area contributed by atoms with Crippen LogP contribution in [0.2, 0.25) is 0 Å². The number of rotatable bonds is 9. The van der Waals surface area contributed by atoms with Gasteiger partial charge in [0.25, 0.3) is 11.6 Å². The molecule has 0 spiro atoms. The van der Waals surface area contributed by atoms with Crippen LogP contribution in [-0.4, -0.2) is 23.7 Å². The number of carbonyl (C=O) groups is 1. The first-order valence-electron chi connectivity index (χ1n) is 8.96. The predicted octanol–water partition coefficient (Wildman–Crippen LogP) is 4.30. The lowest BCUT2D eigenvalue weighted by Gasteiger charge is -2.10. The van der Waals surface area contributed by atoms with Gasteiger partial charge in [0.2, 0.25) is 0 Å². The van der Waals surface area contributed by atoms with Gasteiger partial charge in [0.1, 0.15) is 5.75 Å². The standard InChI is InChI=1S/C21H23N3O4/c1-3-16(2)17-10-12-19(13-11-17)28-15-21(25)23-22-14-6-8-18-7-4-5-9-20(18)24(26)27/h4-14,16H,3,15H2,1-2H3,(H,23,25)/b8-6+,22-14+. The number of hydrogen-bond donors (Lipinski definition) is 1. The number of benzene rings is 2. The molecule has 2 aromatic rings. The van der Waals surface area contributed by atoms with Crippen LogP contribution in [0.1, 0.15) is 37.3 Å². The van der Waals surface area contributed by atoms with Gasteiger partial charge in [0.15, 0.2) is 6.61 Å². The summed E-state index contributed by atoms with van der Waals surface area (Å²) < 4.78 is 5.43. The Bertz CT molecular complexity index is 860. The Hall–Kier alpha value is -3.48. The van der Waals surface area contributed by atoms with Crippen molar-refractivity contribution in [3.05, 3.63) is 75.8 Å². The molecule has 28 heavy (non-hydrogen) atoms. The Labute approximate surface area is 163 Å². The molecule has 1 amide bonds. The lowest BCUT2D eigenvalue weighted by Crippen LogP contribution is -2.24. The summed E-state index contributed by atoms with van der Waals surface area (Å²) in [6.45, 7) is 4.13. The molecule has 1 atom stereocenters. The van der Waals surface area contributed by atoms with Gasteiger partial charge < -0.3 is 4.74 Å². The average Bonchev–Trinajstić information content (AvgIpc) is 2.72. The molecule has 0 saturated heterocycles. The molecule has 7 heteroatoms. The highest BCUT2D eigenvalue weighted by Gasteiger charge is 2.08. The summed E-state index contributed by atoms with van der Waals surface area (Å²) in [5.74, 6) is 0.695. The SMILES string of the molecule is CCC(C)c1ccc(OCC(=O)N/N=C/C=C/c2ccccc2[N+](=O)[O-])cc1. The van der Waals surface area contributed by atoms with Crippen LogP contribution in [0.15, 0.2) is 59.7 Å². The molecule has 2 rings (SSSR count). The van der Waals surface area contributed by atoms with Crippen molar-refractivity contribution in [3.8, 4) is 5.75 Å². The first-order valence-corrected chi connectivity index (χ1v) is 8.96. The van der Waals surface area contributed by atoms with Crippen LogP contribution in [0, 0.1) is 10.1 Å². The van der Waals surface area contributed by atoms with Crippen LogP contribution in [0.4, 0.5) is 5.69 Å². The van der Waals surface area contributed by atoms with Gasteiger partial charge in [-0.05, 0) is 48.3 Å². The van der Waals surface area contributed by atoms with E-state index >= 15 is 0 Å². The summed E-state index contributed by atoms with van der Waals surface area (Å²) in [4.78, 5) is 22.2. The van der Waals surface area contributed by atoms with E-state index in [2.05, 4.69) is 24.4 Å². The second kappa shape index (κ2) is 10.6. The van der Waals surface area contributed by atoms with E-state index in [1.165, 1.54) is 23.9 Å². The predicted molar refractivity (Wildman–Crippen MR) is 109 cm³/mol. The summed E-state index contributed by atoms with van der Waals surface area (Å²) in [7, 11) is 0. The van der Waals surface area contributed by atoms with Crippen molar-refractivity contribution < 1.29 is 14.5 Å². The monoisotopic (exact) mass is 381 g/mol. The van der Waals surface area contributed by atoms with Gasteiger partial charge >= 0.3 is 0 Å². The van der Waals surface area contributed by atoms with Crippen LogP contribution in [0.5, 0.6) is 5.75 Å². The van der Waals surface area contributed by atoms with E-state index in [0.29, 0.717) is 17.2 Å². The Kier molecular flexibility index (Phi) is 7.90. The molecule has 0 fully saturated rings. The molecule has 0 bridgehead atoms. The Morgan fingerprint density at radius 3 is 2.64 bits per heavy atom. The fourth-order valence-corrected chi connectivity index (χ4v) is 2.40. The smallest absolute Gasteiger partial charge is 0.277 e. The molecular weight excluding hydrogens is 358 g/mol. The van der Waals surface area contributed by atoms with E-state index in [-0.39, 0.29) is 12.3 Å². The molecule has 1 N–H and O–H groups in total. The number of hydrogen-bond acceptors (Lipinski definition) is 5. The molecule has 1 unspecified atom stereocenters. The summed E-state index contributed by atoms with van der Waals surface area (Å²) in [6.07, 6.45) is 5.46. The second-order valence-electron chi connectivity index (χ2n) is 6.16. The number of amides is 1. The molecule has 0 aromatic heterocycles. The number of nitro benzene ring substituents is 1. The lowest BCUT2D eigenvalue weighted by atomic mass is 9.99. The minimum absolute atomic E-state index is 0.00364. The van der Waals surface area contributed by atoms with E-state index < -0.39 is 10.8 Å². The molecule has 146 valence electrons. The van der Waals surface area contributed by atoms with E-state index in [1.807, 2.05) is 24.3 Å². The van der Waals surface area contributed by atoms with Gasteiger partial charge in [-0.25, -0.2) is 5.43 Å². The van der Waals surface area contributed by atoms with Gasteiger partial charge in [-0.2, -0.15) is 5.10 Å². The highest BCUT2D eigenvalue weighted by atomic mass is 16.6. The number of allylic oxidation sites excluding steroid dienone is 1. The van der Waals surface area contributed by atoms with Gasteiger partial charge in [-0.1, -0.05) is 38.1 Å². The fraction of sp³-hybridized carbons (Fsp3) is 0.238. The van der Waals surface area contributed by atoms with E-state index in [0.717, 1.165) is 6.42 Å². The summed E-state index contributed by atoms with van der Waals surface area (Å²) >= 11 is 0. The van der Waals surface area contributed by atoms with Gasteiger partial charge in [0, 0.05) is 12.3 Å². The number of nitro groups is 1. The number of nitrogens with one attached hydrogen (secondary N) is 1. The first kappa shape index (κ1) is 20.8. The molecular formula is C21H23N3O4. The van der Waals surface area contributed by atoms with Crippen LogP contribution >= 0.6 is 0 Å². The van der Waals surface area contributed by atoms with Crippen LogP contribution < -0.4 is 10.2 Å². The number of carbonyl (C=O) groups excluding carboxylic acids is 1. The number of hydrazone groups is 1. The van der Waals surface area contributed by atoms with E-state index in [1.54, 1.807) is 24.3 Å². The van der Waals surface area contributed by atoms with Gasteiger partial charge in [-0.3, -0.25) is 14.9 Å². The number of para-hydroxylation sites is 1. The Morgan fingerprint density at radius 1 is 1.25 bits per heavy atom. The third-order valence-electron chi connectivity index (χ3n) is 4.19. The van der Waals surface area contributed by atoms with Crippen molar-refractivity contribution in [2.24, 2.45) is 5.10 Å². The molecule has 0 aliphatic rings. The lowest BCUT2D eigenvalue weighted by molar-refractivity contribution is -0.385. The minimum Gasteiger partial charge on any atom is -0.484 e. The Morgan fingerprint density at radius 2 is 1.96 bits per heavy atom. The van der Waals surface area contributed by atoms with Crippen molar-refractivity contribution >= 4 is 23.9 Å². The molecule has 0 saturated carbocycles. The summed E-state index contributed by atoms with van der Waals surface area (Å²) in [6, 6.07) is 14.0. The van der Waals surface area contributed by atoms with Crippen molar-refractivity contribution in [2.45, 2.75) is 26.2 Å². The molecule has 7 nitrogen and oxygen atoms in total. The normalized spacial score (nSPS) is 12.2. The topological polar surface area (TPSA) is 93.8 Å². The number of ether oxygens (including phenoxy) is 1. The maximum absolute atomic E-state index is 11.8. The second-order valence-corrected chi connectivity index (χ2v) is 6.16. The van der Waals surface area contributed by atoms with E-state index in [9.17, 15) is 14.9 Å². The maximum atomic E-state index is 11.8. The van der Waals surface area contributed by atoms with Crippen LogP contribution in [0.3, 0.4) is 0 Å². The van der Waals surface area contributed by atoms with Gasteiger partial charge in [-0.15, -0.1) is 0 Å². The zero-order valence-corrected chi connectivity index (χ0v) is 15.9. The maximum Gasteiger partial charge on any atom is 0.277 e. The molecule has 2 aromatic carbocycles. The summed E-state index contributed by atoms with van der Waals surface area (Å²) in [5, 5.41) is 14.7. The molecule has 0 radical (unpaired) electrons. The highest BCUT2D eigenvalue weighted by molar-refractivity contribution is 5.82. The van der Waals surface area contributed by atoms with Gasteiger partial charge in [0.05, 0.1) is 10.5 Å². The average molecular weight is 381 g/mol. The first-order chi connectivity index (χ1) is 13.5. The largest absolute Gasteiger partial charge is 0.484 e. The summed E-state index contributed by atoms with van der Waals surface area (Å²) in [5.41, 5.74) is 4.02. The van der Waals surface area contributed by atoms with Crippen molar-refractivity contribution in [1.29, 1.82) is 0 Å². The third-order valence-corrected chi connectivity index (χ3v) is 4.19. The van der Waals surface area contributed by atoms with Crippen molar-refractivity contribution in [3.63, 3.8) is 0 Å². The van der Waals surface area contributed by atoms with E-state index in [4.69, 9.17) is 4.74 Å². The fourth-order valence-electron chi connectivity index (χ4n) is 2.40. The molecule has 0 aliphatic carbocycles. The third kappa shape index (κ3) is 6.35. The Balaban J connectivity index is 1.79. The zero-order valence-electron chi connectivity index (χ0n) is 15.9. The highest BCUT2D eigenvalue weighted by Crippen LogP contribution is 2.21. The molecule has 0 heterocycles. The van der Waals surface area contributed by atoms with Crippen molar-refractivity contribution in [2.75, 3.05) is 6.61 Å². The number of nitrogens with zero attached hydrogens (tertiary/aromatic N) is 2. The van der Waals surface area contributed by atoms with Crippen LogP contribution in [-0.2, 0) is 4.79 Å². The van der Waals surface area contributed by atoms with Crippen LogP contribution in [0.25, 0.3) is 6.08 Å². The van der Waals surface area contributed by atoms with Crippen molar-refractivity contribution in [1.82, 2.24) is 5.43 Å².